The number of nitrogens with one attached hydrogen (secondary N) is 1. The van der Waals surface area contributed by atoms with E-state index in [2.05, 4.69) is 18.8 Å². The van der Waals surface area contributed by atoms with Crippen molar-refractivity contribution in [3.8, 4) is 17.1 Å². The Labute approximate surface area is 348 Å². The predicted molar refractivity (Wildman–Crippen MR) is 229 cm³/mol. The van der Waals surface area contributed by atoms with Gasteiger partial charge in [-0.3, -0.25) is 24.0 Å². The van der Waals surface area contributed by atoms with E-state index in [-0.39, 0.29) is 54.8 Å². The number of nitrogens with two attached hydrogens (primary N) is 1. The lowest BCUT2D eigenvalue weighted by molar-refractivity contribution is -0.135. The number of carbonyl (C=O) groups excluding carboxylic acids is 4. The lowest BCUT2D eigenvalue weighted by Gasteiger charge is -2.35. The van der Waals surface area contributed by atoms with E-state index in [4.69, 9.17) is 20.2 Å². The molecule has 2 aliphatic rings. The van der Waals surface area contributed by atoms with Crippen LogP contribution >= 0.6 is 0 Å². The van der Waals surface area contributed by atoms with Gasteiger partial charge in [0.05, 0.1) is 41.5 Å². The summed E-state index contributed by atoms with van der Waals surface area (Å²) in [4.78, 5) is 69.5. The summed E-state index contributed by atoms with van der Waals surface area (Å²) in [6, 6.07) is 6.13. The van der Waals surface area contributed by atoms with E-state index < -0.39 is 23.5 Å². The lowest BCUT2D eigenvalue weighted by Crippen LogP contribution is -2.43. The number of pyridine rings is 2. The number of nitrogens with zero attached hydrogens (tertiary/aromatic N) is 2. The molecule has 0 saturated carbocycles. The Hall–Kier alpha value is -4.84. The molecule has 12 heteroatoms. The number of unbranched alkanes of at least 4 members (excludes halogenated alkanes) is 10. The summed E-state index contributed by atoms with van der Waals surface area (Å²) < 4.78 is 13.1. The van der Waals surface area contributed by atoms with Gasteiger partial charge in [-0.05, 0) is 61.4 Å². The van der Waals surface area contributed by atoms with Crippen LogP contribution in [0.3, 0.4) is 0 Å². The lowest BCUT2D eigenvalue weighted by atomic mass is 9.84. The van der Waals surface area contributed by atoms with Gasteiger partial charge in [-0.15, -0.1) is 0 Å². The molecule has 4 heterocycles. The minimum Gasteiger partial charge on any atom is -0.490 e. The van der Waals surface area contributed by atoms with Crippen LogP contribution in [-0.2, 0) is 49.1 Å². The maximum Gasteiger partial charge on any atom is 0.311 e. The van der Waals surface area contributed by atoms with Crippen LogP contribution in [0, 0.1) is 5.92 Å². The summed E-state index contributed by atoms with van der Waals surface area (Å²) >= 11 is 0. The molecule has 2 aromatic heterocycles. The number of fused-ring (bicyclic) bond motifs is 5. The molecule has 0 spiro atoms. The average molecular weight is 813 g/mol. The van der Waals surface area contributed by atoms with Gasteiger partial charge >= 0.3 is 5.97 Å². The number of ketones is 1. The van der Waals surface area contributed by atoms with Crippen molar-refractivity contribution in [1.82, 2.24) is 14.9 Å². The number of hydrogen-bond acceptors (Lipinski definition) is 9. The van der Waals surface area contributed by atoms with E-state index in [9.17, 15) is 29.1 Å². The van der Waals surface area contributed by atoms with Crippen LogP contribution in [0.2, 0.25) is 0 Å². The number of amides is 2. The molecular weight excluding hydrogens is 749 g/mol. The number of rotatable bonds is 24. The van der Waals surface area contributed by atoms with Gasteiger partial charge in [0.15, 0.2) is 5.78 Å². The molecule has 5 rings (SSSR count). The molecule has 0 radical (unpaired) electrons. The number of benzene rings is 1. The fourth-order valence-electron chi connectivity index (χ4n) is 8.52. The van der Waals surface area contributed by atoms with Crippen LogP contribution in [-0.4, -0.2) is 44.3 Å². The fourth-order valence-corrected chi connectivity index (χ4v) is 8.52. The normalized spacial score (nSPS) is 16.5. The zero-order valence-corrected chi connectivity index (χ0v) is 35.6. The van der Waals surface area contributed by atoms with Crippen molar-refractivity contribution in [3.05, 3.63) is 69.2 Å². The fraction of sp³-hybridized carbons (Fsp3) is 0.574. The van der Waals surface area contributed by atoms with Crippen molar-refractivity contribution in [3.63, 3.8) is 0 Å². The van der Waals surface area contributed by atoms with Gasteiger partial charge in [0.2, 0.25) is 11.8 Å². The molecule has 0 bridgehead atoms. The molecule has 1 aromatic carbocycles. The molecule has 0 fully saturated rings. The molecule has 0 unspecified atom stereocenters. The summed E-state index contributed by atoms with van der Waals surface area (Å²) in [5, 5.41) is 15.0. The monoisotopic (exact) mass is 812 g/mol. The van der Waals surface area contributed by atoms with E-state index >= 15 is 0 Å². The van der Waals surface area contributed by atoms with Gasteiger partial charge < -0.3 is 30.2 Å². The highest BCUT2D eigenvalue weighted by molar-refractivity contribution is 5.93. The number of esters is 1. The smallest absolute Gasteiger partial charge is 0.311 e. The standard InChI is InChI=1S/C47H64N4O8/c1-6-9-10-11-12-13-14-15-16-17-18-19-43(54)49-39(27-42(48)53)41(52)24-30(4)20-23-44(55)59-32-21-22-38-34(25-32)33(7-2)35-28-51-40(45(35)50-38)26-37-36(46(51)56)29-58-31(5)47(37,57)8-3/h21-22,25-26,30,39,57H,5-20,23-24,27-29H2,1-4H3,(H2,48,53)(H,49,54)/t30-,39+,47+/m0/s1. The topological polar surface area (TPSA) is 180 Å². The van der Waals surface area contributed by atoms with Gasteiger partial charge in [0, 0.05) is 35.8 Å². The largest absolute Gasteiger partial charge is 0.490 e. The maximum atomic E-state index is 13.7. The second kappa shape index (κ2) is 20.9. The van der Waals surface area contributed by atoms with Crippen LogP contribution in [0.25, 0.3) is 22.3 Å². The van der Waals surface area contributed by atoms with E-state index in [1.165, 1.54) is 44.9 Å². The van der Waals surface area contributed by atoms with Crippen molar-refractivity contribution in [2.24, 2.45) is 11.7 Å². The number of ether oxygens (including phenoxy) is 2. The van der Waals surface area contributed by atoms with Crippen molar-refractivity contribution in [2.45, 2.75) is 168 Å². The Balaban J connectivity index is 1.13. The van der Waals surface area contributed by atoms with Gasteiger partial charge in [-0.2, -0.15) is 0 Å². The van der Waals surface area contributed by atoms with Crippen molar-refractivity contribution in [1.29, 1.82) is 0 Å². The summed E-state index contributed by atoms with van der Waals surface area (Å²) in [5.74, 6) is -1.30. The second-order valence-electron chi connectivity index (χ2n) is 16.6. The summed E-state index contributed by atoms with van der Waals surface area (Å²) in [5.41, 5.74) is 8.53. The molecule has 2 amide bonds. The van der Waals surface area contributed by atoms with Crippen molar-refractivity contribution >= 4 is 34.5 Å². The molecule has 0 saturated heterocycles. The molecule has 3 aromatic rings. The molecule has 320 valence electrons. The highest BCUT2D eigenvalue weighted by Gasteiger charge is 2.41. The summed E-state index contributed by atoms with van der Waals surface area (Å²) in [7, 11) is 0. The second-order valence-corrected chi connectivity index (χ2v) is 16.6. The van der Waals surface area contributed by atoms with E-state index in [0.29, 0.717) is 66.0 Å². The van der Waals surface area contributed by atoms with Crippen LogP contribution in [0.4, 0.5) is 0 Å². The third-order valence-corrected chi connectivity index (χ3v) is 12.1. The summed E-state index contributed by atoms with van der Waals surface area (Å²) in [6.07, 6.45) is 14.3. The number of primary amides is 1. The minimum absolute atomic E-state index is 0.0410. The zero-order valence-electron chi connectivity index (χ0n) is 35.6. The van der Waals surface area contributed by atoms with E-state index in [0.717, 1.165) is 42.2 Å². The Morgan fingerprint density at radius 2 is 1.64 bits per heavy atom. The number of Topliss-reactive ketones (excluding diaryl/α,β-unsaturated/α-hetero) is 1. The molecule has 12 nitrogen and oxygen atoms in total. The zero-order chi connectivity index (χ0) is 42.7. The first kappa shape index (κ1) is 45.2. The van der Waals surface area contributed by atoms with Gasteiger partial charge in [0.1, 0.15) is 23.7 Å². The Kier molecular flexibility index (Phi) is 16.0. The first-order valence-electron chi connectivity index (χ1n) is 21.9. The van der Waals surface area contributed by atoms with Crippen LogP contribution < -0.4 is 21.3 Å². The highest BCUT2D eigenvalue weighted by atomic mass is 16.5. The van der Waals surface area contributed by atoms with Crippen molar-refractivity contribution in [2.75, 3.05) is 0 Å². The summed E-state index contributed by atoms with van der Waals surface area (Å²) in [6.45, 7) is 12.2. The average Bonchev–Trinajstić information content (AvgIpc) is 3.57. The molecule has 2 aliphatic heterocycles. The van der Waals surface area contributed by atoms with Crippen LogP contribution in [0.5, 0.6) is 5.75 Å². The highest BCUT2D eigenvalue weighted by Crippen LogP contribution is 2.43. The van der Waals surface area contributed by atoms with Gasteiger partial charge in [0.25, 0.3) is 5.56 Å². The van der Waals surface area contributed by atoms with Gasteiger partial charge in [-0.25, -0.2) is 4.98 Å². The third-order valence-electron chi connectivity index (χ3n) is 12.1. The maximum absolute atomic E-state index is 13.7. The third kappa shape index (κ3) is 11.1. The van der Waals surface area contributed by atoms with Crippen molar-refractivity contribution < 1.29 is 33.8 Å². The number of hydrogen-bond donors (Lipinski definition) is 3. The Morgan fingerprint density at radius 1 is 0.966 bits per heavy atom. The van der Waals surface area contributed by atoms with Crippen LogP contribution in [0.1, 0.15) is 159 Å². The Morgan fingerprint density at radius 3 is 2.29 bits per heavy atom. The Bertz CT molecular complexity index is 2090. The molecule has 3 atom stereocenters. The molecule has 4 N–H and O–H groups in total. The minimum atomic E-state index is -1.47. The van der Waals surface area contributed by atoms with Gasteiger partial charge in [-0.1, -0.05) is 98.5 Å². The quantitative estimate of drug-likeness (QED) is 0.0359. The molecule has 0 aliphatic carbocycles. The van der Waals surface area contributed by atoms with E-state index in [1.54, 1.807) is 22.8 Å². The number of aromatic nitrogens is 2. The van der Waals surface area contributed by atoms with Crippen LogP contribution in [0.15, 0.2) is 41.4 Å². The molecular formula is C47H64N4O8. The SMILES string of the molecule is C=C1OCc2c(cc3n(c2=O)Cc2c-3nc3ccc(OC(=O)CC[C@H](C)CC(=O)[C@@H](CC(N)=O)NC(=O)CCCCCCCCCCCCC)cc3c2CC)[C@@]1(O)CC. The van der Waals surface area contributed by atoms with E-state index in [1.807, 2.05) is 26.8 Å². The number of aliphatic hydroxyl groups is 1. The number of aryl methyl sites for hydroxylation is 1. The first-order valence-corrected chi connectivity index (χ1v) is 21.9. The number of carbonyl (C=O) groups is 4. The predicted octanol–water partition coefficient (Wildman–Crippen LogP) is 7.97. The molecule has 59 heavy (non-hydrogen) atoms. The first-order chi connectivity index (χ1) is 28.3.